The Kier molecular flexibility index (Phi) is 4.16. The van der Waals surface area contributed by atoms with Crippen LogP contribution in [0.1, 0.15) is 16.5 Å². The number of nitrogens with one attached hydrogen (secondary N) is 2. The van der Waals surface area contributed by atoms with Gasteiger partial charge in [0, 0.05) is 32.1 Å². The summed E-state index contributed by atoms with van der Waals surface area (Å²) in [5, 5.41) is 14.2. The van der Waals surface area contributed by atoms with Crippen molar-refractivity contribution in [3.63, 3.8) is 0 Å². The van der Waals surface area contributed by atoms with Gasteiger partial charge in [0.1, 0.15) is 5.82 Å². The lowest BCUT2D eigenvalue weighted by molar-refractivity contribution is 0.0950. The van der Waals surface area contributed by atoms with Crippen LogP contribution in [0.5, 0.6) is 0 Å². The molecule has 4 rings (SSSR count). The smallest absolute Gasteiger partial charge is 0.292 e. The Morgan fingerprint density at radius 2 is 2.15 bits per heavy atom. The maximum absolute atomic E-state index is 11.5. The van der Waals surface area contributed by atoms with Crippen molar-refractivity contribution in [3.8, 4) is 11.4 Å². The molecule has 4 aromatic heterocycles. The summed E-state index contributed by atoms with van der Waals surface area (Å²) in [4.78, 5) is 28.8. The summed E-state index contributed by atoms with van der Waals surface area (Å²) in [6, 6.07) is 3.69. The number of rotatable bonds is 5. The van der Waals surface area contributed by atoms with Crippen molar-refractivity contribution in [1.29, 1.82) is 0 Å². The van der Waals surface area contributed by atoms with Gasteiger partial charge in [-0.3, -0.25) is 14.5 Å². The molecule has 0 saturated heterocycles. The van der Waals surface area contributed by atoms with E-state index in [1.807, 2.05) is 12.1 Å². The summed E-state index contributed by atoms with van der Waals surface area (Å²) in [6.45, 7) is 0.192. The fraction of sp³-hybridized carbons (Fsp3) is 0.188. The van der Waals surface area contributed by atoms with Gasteiger partial charge in [-0.05, 0) is 12.1 Å². The van der Waals surface area contributed by atoms with E-state index in [1.54, 1.807) is 30.3 Å². The normalized spacial score (nSPS) is 10.9. The molecule has 0 saturated carbocycles. The third-order valence-corrected chi connectivity index (χ3v) is 3.82. The highest BCUT2D eigenvalue weighted by molar-refractivity contribution is 5.90. The van der Waals surface area contributed by atoms with Crippen LogP contribution < -0.4 is 10.6 Å². The Labute approximate surface area is 152 Å². The first kappa shape index (κ1) is 16.6. The second kappa shape index (κ2) is 6.78. The summed E-state index contributed by atoms with van der Waals surface area (Å²) in [7, 11) is 3.30. The average molecular weight is 365 g/mol. The molecular formula is C16H15N9O2. The third kappa shape index (κ3) is 3.17. The zero-order valence-corrected chi connectivity index (χ0v) is 14.5. The van der Waals surface area contributed by atoms with Crippen molar-refractivity contribution in [1.82, 2.24) is 40.2 Å². The molecular weight excluding hydrogens is 350 g/mol. The highest BCUT2D eigenvalue weighted by Crippen LogP contribution is 2.24. The summed E-state index contributed by atoms with van der Waals surface area (Å²) >= 11 is 0. The molecule has 4 aromatic rings. The van der Waals surface area contributed by atoms with E-state index in [2.05, 4.69) is 40.8 Å². The zero-order chi connectivity index (χ0) is 18.8. The number of amides is 1. The maximum Gasteiger partial charge on any atom is 0.292 e. The topological polar surface area (TPSA) is 137 Å². The van der Waals surface area contributed by atoms with Crippen LogP contribution >= 0.6 is 0 Å². The first-order valence-electron chi connectivity index (χ1n) is 8.04. The Bertz CT molecular complexity index is 1100. The molecule has 0 aliphatic rings. The van der Waals surface area contributed by atoms with Crippen LogP contribution in [0.3, 0.4) is 0 Å². The minimum atomic E-state index is -0.416. The third-order valence-electron chi connectivity index (χ3n) is 3.82. The molecule has 0 aliphatic heterocycles. The van der Waals surface area contributed by atoms with Crippen molar-refractivity contribution in [2.45, 2.75) is 6.54 Å². The average Bonchev–Trinajstić information content (AvgIpc) is 3.33. The van der Waals surface area contributed by atoms with Crippen LogP contribution in [0.15, 0.2) is 35.2 Å². The first-order valence-corrected chi connectivity index (χ1v) is 8.04. The van der Waals surface area contributed by atoms with Crippen molar-refractivity contribution >= 4 is 22.8 Å². The summed E-state index contributed by atoms with van der Waals surface area (Å²) in [5.74, 6) is 0.886. The maximum atomic E-state index is 11.5. The molecule has 11 nitrogen and oxygen atoms in total. The van der Waals surface area contributed by atoms with Gasteiger partial charge in [-0.2, -0.15) is 10.1 Å². The molecule has 27 heavy (non-hydrogen) atoms. The highest BCUT2D eigenvalue weighted by Gasteiger charge is 2.16. The molecule has 11 heteroatoms. The number of pyridine rings is 1. The van der Waals surface area contributed by atoms with Crippen LogP contribution in [0.25, 0.3) is 22.4 Å². The largest absolute Gasteiger partial charge is 0.360 e. The predicted octanol–water partition coefficient (Wildman–Crippen LogP) is 0.780. The van der Waals surface area contributed by atoms with E-state index in [-0.39, 0.29) is 18.3 Å². The van der Waals surface area contributed by atoms with E-state index >= 15 is 0 Å². The number of carbonyl (C=O) groups excluding carboxylic acids is 1. The van der Waals surface area contributed by atoms with Crippen molar-refractivity contribution in [2.75, 3.05) is 12.4 Å². The van der Waals surface area contributed by atoms with Gasteiger partial charge in [0.25, 0.3) is 11.7 Å². The van der Waals surface area contributed by atoms with Gasteiger partial charge < -0.3 is 15.2 Å². The molecule has 0 bridgehead atoms. The number of nitrogens with zero attached hydrogens (tertiary/aromatic N) is 7. The molecule has 0 spiro atoms. The lowest BCUT2D eigenvalue weighted by Crippen LogP contribution is -2.19. The van der Waals surface area contributed by atoms with Gasteiger partial charge in [-0.15, -0.1) is 0 Å². The molecule has 0 radical (unpaired) electrons. The number of hydrogen-bond acceptors (Lipinski definition) is 9. The zero-order valence-electron chi connectivity index (χ0n) is 14.5. The summed E-state index contributed by atoms with van der Waals surface area (Å²) < 4.78 is 6.75. The molecule has 2 N–H and O–H groups in total. The second-order valence-electron chi connectivity index (χ2n) is 5.59. The monoisotopic (exact) mass is 365 g/mol. The van der Waals surface area contributed by atoms with E-state index in [1.165, 1.54) is 7.05 Å². The SMILES string of the molecule is CNC(=O)c1noc(CNc2nc(-c3cccnc3)nc3c2cnn3C)n1. The van der Waals surface area contributed by atoms with Gasteiger partial charge >= 0.3 is 0 Å². The molecule has 4 heterocycles. The van der Waals surface area contributed by atoms with E-state index in [0.29, 0.717) is 17.3 Å². The minimum absolute atomic E-state index is 0.0282. The van der Waals surface area contributed by atoms with Gasteiger partial charge in [0.05, 0.1) is 18.1 Å². The van der Waals surface area contributed by atoms with Crippen LogP contribution in [-0.4, -0.2) is 47.8 Å². The molecule has 0 atom stereocenters. The molecule has 0 fully saturated rings. The minimum Gasteiger partial charge on any atom is -0.360 e. The lowest BCUT2D eigenvalue weighted by atomic mass is 10.2. The van der Waals surface area contributed by atoms with E-state index in [4.69, 9.17) is 4.52 Å². The van der Waals surface area contributed by atoms with Gasteiger partial charge in [-0.25, -0.2) is 9.97 Å². The van der Waals surface area contributed by atoms with Crippen LogP contribution in [-0.2, 0) is 13.6 Å². The van der Waals surface area contributed by atoms with Gasteiger partial charge in [0.2, 0.25) is 5.89 Å². The number of carbonyl (C=O) groups is 1. The fourth-order valence-electron chi connectivity index (χ4n) is 2.47. The molecule has 0 aliphatic carbocycles. The molecule has 136 valence electrons. The van der Waals surface area contributed by atoms with Gasteiger partial charge in [-0.1, -0.05) is 5.16 Å². The number of hydrogen-bond donors (Lipinski definition) is 2. The Morgan fingerprint density at radius 1 is 1.26 bits per heavy atom. The second-order valence-corrected chi connectivity index (χ2v) is 5.59. The fourth-order valence-corrected chi connectivity index (χ4v) is 2.47. The molecule has 0 unspecified atom stereocenters. The number of aryl methyl sites for hydroxylation is 1. The van der Waals surface area contributed by atoms with E-state index < -0.39 is 5.91 Å². The van der Waals surface area contributed by atoms with Gasteiger partial charge in [0.15, 0.2) is 11.5 Å². The van der Waals surface area contributed by atoms with Crippen molar-refractivity contribution in [3.05, 3.63) is 42.4 Å². The summed E-state index contributed by atoms with van der Waals surface area (Å²) in [5.41, 5.74) is 1.45. The number of fused-ring (bicyclic) bond motifs is 1. The standard InChI is InChI=1S/C16H15N9O2/c1-17-16(26)14-21-11(27-24-14)8-19-13-10-7-20-25(2)15(10)23-12(22-13)9-4-3-5-18-6-9/h3-7H,8H2,1-2H3,(H,17,26)(H,19,22,23). The molecule has 1 amide bonds. The Balaban J connectivity index is 1.66. The van der Waals surface area contributed by atoms with E-state index in [9.17, 15) is 4.79 Å². The predicted molar refractivity (Wildman–Crippen MR) is 94.5 cm³/mol. The lowest BCUT2D eigenvalue weighted by Gasteiger charge is -2.07. The number of anilines is 1. The Hall–Kier alpha value is -3.89. The van der Waals surface area contributed by atoms with Crippen LogP contribution in [0.2, 0.25) is 0 Å². The Morgan fingerprint density at radius 3 is 2.93 bits per heavy atom. The van der Waals surface area contributed by atoms with Crippen molar-refractivity contribution in [2.24, 2.45) is 7.05 Å². The molecule has 0 aromatic carbocycles. The highest BCUT2D eigenvalue weighted by atomic mass is 16.5. The summed E-state index contributed by atoms with van der Waals surface area (Å²) in [6.07, 6.45) is 5.05. The van der Waals surface area contributed by atoms with Crippen LogP contribution in [0.4, 0.5) is 5.82 Å². The number of aromatic nitrogens is 7. The first-order chi connectivity index (χ1) is 13.2. The van der Waals surface area contributed by atoms with Crippen molar-refractivity contribution < 1.29 is 9.32 Å². The van der Waals surface area contributed by atoms with E-state index in [0.717, 1.165) is 10.9 Å². The quantitative estimate of drug-likeness (QED) is 0.525. The van der Waals surface area contributed by atoms with Crippen LogP contribution in [0, 0.1) is 0 Å².